The van der Waals surface area contributed by atoms with Gasteiger partial charge in [-0.25, -0.2) is 9.59 Å². The topological polar surface area (TPSA) is 84.9 Å². The molecule has 0 saturated heterocycles. The van der Waals surface area contributed by atoms with Gasteiger partial charge >= 0.3 is 12.1 Å². The maximum absolute atomic E-state index is 11.9. The lowest BCUT2D eigenvalue weighted by Crippen LogP contribution is -2.51. The van der Waals surface area contributed by atoms with Crippen LogP contribution in [0.15, 0.2) is 0 Å². The number of aliphatic hydroxyl groups is 1. The highest BCUT2D eigenvalue weighted by Gasteiger charge is 2.40. The number of amides is 1. The third-order valence-corrected chi connectivity index (χ3v) is 3.38. The Bertz CT molecular complexity index is 355. The molecule has 1 amide bonds. The molecule has 0 spiro atoms. The molecule has 116 valence electrons. The van der Waals surface area contributed by atoms with Gasteiger partial charge in [-0.3, -0.25) is 0 Å². The average Bonchev–Trinajstić information content (AvgIpc) is 2.73. The van der Waals surface area contributed by atoms with E-state index in [9.17, 15) is 14.7 Å². The van der Waals surface area contributed by atoms with Gasteiger partial charge < -0.3 is 19.9 Å². The molecule has 1 saturated carbocycles. The number of alkyl carbamates (subject to hydrolysis) is 1. The first-order chi connectivity index (χ1) is 9.17. The number of hydrogen-bond acceptors (Lipinski definition) is 5. The molecule has 0 aliphatic heterocycles. The summed E-state index contributed by atoms with van der Waals surface area (Å²) in [7, 11) is 1.23. The van der Waals surface area contributed by atoms with Gasteiger partial charge in [0.05, 0.1) is 7.11 Å². The summed E-state index contributed by atoms with van der Waals surface area (Å²) in [5, 5.41) is 12.7. The molecule has 1 aliphatic rings. The first-order valence-corrected chi connectivity index (χ1v) is 6.94. The number of hydrogen-bond donors (Lipinski definition) is 2. The second kappa shape index (κ2) is 6.43. The quantitative estimate of drug-likeness (QED) is 0.769. The monoisotopic (exact) mass is 287 g/mol. The van der Waals surface area contributed by atoms with E-state index in [2.05, 4.69) is 10.1 Å². The van der Waals surface area contributed by atoms with Crippen molar-refractivity contribution >= 4 is 12.1 Å². The van der Waals surface area contributed by atoms with Gasteiger partial charge in [0.2, 0.25) is 0 Å². The van der Waals surface area contributed by atoms with Gasteiger partial charge in [-0.1, -0.05) is 12.8 Å². The maximum atomic E-state index is 11.9. The summed E-state index contributed by atoms with van der Waals surface area (Å²) in [6.07, 6.45) is 1.75. The van der Waals surface area contributed by atoms with Gasteiger partial charge in [-0.15, -0.1) is 0 Å². The van der Waals surface area contributed by atoms with Crippen molar-refractivity contribution in [3.63, 3.8) is 0 Å². The Morgan fingerprint density at radius 3 is 2.30 bits per heavy atom. The summed E-state index contributed by atoms with van der Waals surface area (Å²) >= 11 is 0. The van der Waals surface area contributed by atoms with Crippen LogP contribution in [0, 0.1) is 0 Å². The lowest BCUT2D eigenvalue weighted by molar-refractivity contribution is -0.151. The molecule has 6 nitrogen and oxygen atoms in total. The fourth-order valence-corrected chi connectivity index (χ4v) is 2.54. The molecule has 0 aromatic rings. The summed E-state index contributed by atoms with van der Waals surface area (Å²) in [5.74, 6) is -0.678. The number of nitrogens with one attached hydrogen (secondary N) is 1. The minimum absolute atomic E-state index is 0.152. The fraction of sp³-hybridized carbons (Fsp3) is 0.857. The zero-order chi connectivity index (χ0) is 15.4. The van der Waals surface area contributed by atoms with E-state index in [1.165, 1.54) is 7.11 Å². The number of carbonyl (C=O) groups excluding carboxylic acids is 2. The average molecular weight is 287 g/mol. The molecule has 2 N–H and O–H groups in total. The summed E-state index contributed by atoms with van der Waals surface area (Å²) in [4.78, 5) is 23.2. The first kappa shape index (κ1) is 16.8. The normalized spacial score (nSPS) is 19.2. The van der Waals surface area contributed by atoms with Crippen molar-refractivity contribution in [2.45, 2.75) is 70.1 Å². The van der Waals surface area contributed by atoms with E-state index >= 15 is 0 Å². The van der Waals surface area contributed by atoms with E-state index in [1.807, 2.05) is 0 Å². The molecular weight excluding hydrogens is 262 g/mol. The molecule has 1 fully saturated rings. The van der Waals surface area contributed by atoms with Gasteiger partial charge in [0.1, 0.15) is 5.60 Å². The third-order valence-electron chi connectivity index (χ3n) is 3.38. The molecule has 0 aromatic heterocycles. The Labute approximate surface area is 119 Å². The SMILES string of the molecule is COC(=O)C(O)CC1(NC(=O)OC(C)(C)C)CCCC1. The second-order valence-corrected chi connectivity index (χ2v) is 6.36. The molecular formula is C14H25NO5. The Morgan fingerprint density at radius 2 is 1.85 bits per heavy atom. The van der Waals surface area contributed by atoms with Crippen LogP contribution in [0.2, 0.25) is 0 Å². The van der Waals surface area contributed by atoms with Crippen molar-refractivity contribution in [3.8, 4) is 0 Å². The van der Waals surface area contributed by atoms with Crippen molar-refractivity contribution in [2.75, 3.05) is 7.11 Å². The van der Waals surface area contributed by atoms with E-state index in [0.29, 0.717) is 0 Å². The van der Waals surface area contributed by atoms with Crippen LogP contribution in [0.3, 0.4) is 0 Å². The van der Waals surface area contributed by atoms with Crippen LogP contribution in [-0.2, 0) is 14.3 Å². The highest BCUT2D eigenvalue weighted by atomic mass is 16.6. The van der Waals surface area contributed by atoms with Gasteiger partial charge in [-0.05, 0) is 33.6 Å². The number of rotatable bonds is 4. The predicted octanol–water partition coefficient (Wildman–Crippen LogP) is 1.75. The molecule has 1 unspecified atom stereocenters. The Morgan fingerprint density at radius 1 is 1.30 bits per heavy atom. The van der Waals surface area contributed by atoms with Gasteiger partial charge in [0, 0.05) is 12.0 Å². The molecule has 0 bridgehead atoms. The van der Waals surface area contributed by atoms with Crippen LogP contribution >= 0.6 is 0 Å². The second-order valence-electron chi connectivity index (χ2n) is 6.36. The van der Waals surface area contributed by atoms with Crippen LogP contribution in [0.25, 0.3) is 0 Å². The van der Waals surface area contributed by atoms with Crippen molar-refractivity contribution in [1.82, 2.24) is 5.32 Å². The number of carbonyl (C=O) groups is 2. The van der Waals surface area contributed by atoms with Crippen LogP contribution in [0.1, 0.15) is 52.9 Å². The highest BCUT2D eigenvalue weighted by molar-refractivity contribution is 5.74. The van der Waals surface area contributed by atoms with E-state index < -0.39 is 29.3 Å². The molecule has 1 atom stereocenters. The van der Waals surface area contributed by atoms with Crippen LogP contribution in [0.4, 0.5) is 4.79 Å². The Kier molecular flexibility index (Phi) is 5.39. The first-order valence-electron chi connectivity index (χ1n) is 6.94. The lowest BCUT2D eigenvalue weighted by atomic mass is 9.90. The Balaban J connectivity index is 2.68. The number of aliphatic hydroxyl groups excluding tert-OH is 1. The van der Waals surface area contributed by atoms with E-state index in [4.69, 9.17) is 4.74 Å². The predicted molar refractivity (Wildman–Crippen MR) is 73.2 cm³/mol. The zero-order valence-corrected chi connectivity index (χ0v) is 12.7. The molecule has 6 heteroatoms. The van der Waals surface area contributed by atoms with Crippen molar-refractivity contribution in [3.05, 3.63) is 0 Å². The van der Waals surface area contributed by atoms with E-state index in [0.717, 1.165) is 25.7 Å². The summed E-state index contributed by atoms with van der Waals surface area (Å²) in [6.45, 7) is 5.37. The van der Waals surface area contributed by atoms with Crippen molar-refractivity contribution < 1.29 is 24.2 Å². The zero-order valence-electron chi connectivity index (χ0n) is 12.7. The molecule has 0 radical (unpaired) electrons. The van der Waals surface area contributed by atoms with Gasteiger partial charge in [0.25, 0.3) is 0 Å². The van der Waals surface area contributed by atoms with Crippen LogP contribution in [0.5, 0.6) is 0 Å². The fourth-order valence-electron chi connectivity index (χ4n) is 2.54. The molecule has 1 rings (SSSR count). The maximum Gasteiger partial charge on any atom is 0.408 e. The number of methoxy groups -OCH3 is 1. The van der Waals surface area contributed by atoms with E-state index in [1.54, 1.807) is 20.8 Å². The smallest absolute Gasteiger partial charge is 0.408 e. The third kappa shape index (κ3) is 5.00. The molecule has 0 heterocycles. The minimum atomic E-state index is -1.23. The molecule has 20 heavy (non-hydrogen) atoms. The summed E-state index contributed by atoms with van der Waals surface area (Å²) in [5.41, 5.74) is -1.17. The highest BCUT2D eigenvalue weighted by Crippen LogP contribution is 2.34. The van der Waals surface area contributed by atoms with Crippen molar-refractivity contribution in [2.24, 2.45) is 0 Å². The van der Waals surface area contributed by atoms with E-state index in [-0.39, 0.29) is 6.42 Å². The minimum Gasteiger partial charge on any atom is -0.467 e. The van der Waals surface area contributed by atoms with Gasteiger partial charge in [-0.2, -0.15) is 0 Å². The lowest BCUT2D eigenvalue weighted by Gasteiger charge is -2.32. The van der Waals surface area contributed by atoms with Crippen molar-refractivity contribution in [1.29, 1.82) is 0 Å². The molecule has 0 aromatic carbocycles. The molecule has 1 aliphatic carbocycles. The van der Waals surface area contributed by atoms with Crippen LogP contribution < -0.4 is 5.32 Å². The summed E-state index contributed by atoms with van der Waals surface area (Å²) < 4.78 is 9.77. The number of esters is 1. The largest absolute Gasteiger partial charge is 0.467 e. The Hall–Kier alpha value is -1.30. The standard InChI is InChI=1S/C14H25NO5/c1-13(2,3)20-12(18)15-14(7-5-6-8-14)9-10(16)11(17)19-4/h10,16H,5-9H2,1-4H3,(H,15,18). The number of ether oxygens (including phenoxy) is 2. The van der Waals surface area contributed by atoms with Gasteiger partial charge in [0.15, 0.2) is 6.10 Å². The van der Waals surface area contributed by atoms with Crippen LogP contribution in [-0.4, -0.2) is 41.5 Å². The summed E-state index contributed by atoms with van der Waals surface area (Å²) in [6, 6.07) is 0.